The molecule has 8 nitrogen and oxygen atoms in total. The van der Waals surface area contributed by atoms with E-state index < -0.39 is 22.2 Å². The van der Waals surface area contributed by atoms with Crippen molar-refractivity contribution in [3.63, 3.8) is 0 Å². The minimum atomic E-state index is -3.80. The van der Waals surface area contributed by atoms with Gasteiger partial charge in [0.2, 0.25) is 15.9 Å². The molecule has 2 atom stereocenters. The highest BCUT2D eigenvalue weighted by atomic mass is 32.2. The van der Waals surface area contributed by atoms with E-state index in [1.165, 1.54) is 4.31 Å². The monoisotopic (exact) mass is 378 g/mol. The van der Waals surface area contributed by atoms with E-state index in [4.69, 9.17) is 4.52 Å². The van der Waals surface area contributed by atoms with Gasteiger partial charge in [0, 0.05) is 32.2 Å². The van der Waals surface area contributed by atoms with E-state index >= 15 is 0 Å². The number of nitrogens with zero attached hydrogens (tertiary/aromatic N) is 4. The maximum Gasteiger partial charge on any atom is 0.245 e. The number of aliphatic hydroxyl groups is 1. The van der Waals surface area contributed by atoms with E-state index in [0.29, 0.717) is 5.82 Å². The first-order chi connectivity index (χ1) is 12.4. The van der Waals surface area contributed by atoms with Gasteiger partial charge in [-0.15, -0.1) is 0 Å². The molecule has 4 rings (SSSR count). The number of aliphatic hydroxyl groups excluding tert-OH is 1. The average molecular weight is 378 g/mol. The molecule has 1 saturated heterocycles. The van der Waals surface area contributed by atoms with Crippen molar-refractivity contribution < 1.29 is 18.0 Å². The highest BCUT2D eigenvalue weighted by Gasteiger charge is 2.43. The minimum absolute atomic E-state index is 0.0152. The molecule has 140 valence electrons. The summed E-state index contributed by atoms with van der Waals surface area (Å²) >= 11 is 0. The molecule has 1 N–H and O–H groups in total. The molecule has 0 spiro atoms. The average Bonchev–Trinajstić information content (AvgIpc) is 3.21. The van der Waals surface area contributed by atoms with Crippen LogP contribution in [0.1, 0.15) is 36.2 Å². The molecule has 26 heavy (non-hydrogen) atoms. The molecule has 9 heteroatoms. The normalized spacial score (nSPS) is 24.0. The van der Waals surface area contributed by atoms with E-state index in [1.807, 2.05) is 13.1 Å². The molecule has 3 heterocycles. The van der Waals surface area contributed by atoms with Gasteiger partial charge in [-0.05, 0) is 37.5 Å². The lowest BCUT2D eigenvalue weighted by atomic mass is 10.0. The van der Waals surface area contributed by atoms with Crippen LogP contribution in [0.2, 0.25) is 0 Å². The summed E-state index contributed by atoms with van der Waals surface area (Å²) in [6.07, 6.45) is 1.49. The van der Waals surface area contributed by atoms with E-state index in [2.05, 4.69) is 15.0 Å². The van der Waals surface area contributed by atoms with Gasteiger partial charge in [0.1, 0.15) is 6.04 Å². The first-order valence-corrected chi connectivity index (χ1v) is 10.1. The Balaban J connectivity index is 1.72. The van der Waals surface area contributed by atoms with Crippen LogP contribution in [0, 0.1) is 6.92 Å². The van der Waals surface area contributed by atoms with Gasteiger partial charge in [-0.3, -0.25) is 0 Å². The SMILES string of the molecule is Cc1noc([C@H]2C[C@H](O)CN2S(=O)(=O)c2ccc3c(c2)N(C)CCC3)n1. The number of hydrogen-bond acceptors (Lipinski definition) is 7. The second-order valence-corrected chi connectivity index (χ2v) is 8.87. The highest BCUT2D eigenvalue weighted by molar-refractivity contribution is 7.89. The van der Waals surface area contributed by atoms with Crippen molar-refractivity contribution in [3.05, 3.63) is 35.5 Å². The van der Waals surface area contributed by atoms with Crippen molar-refractivity contribution in [1.29, 1.82) is 0 Å². The van der Waals surface area contributed by atoms with Crippen molar-refractivity contribution in [2.45, 2.75) is 43.2 Å². The number of rotatable bonds is 3. The lowest BCUT2D eigenvalue weighted by molar-refractivity contribution is 0.188. The smallest absolute Gasteiger partial charge is 0.245 e. The number of aromatic nitrogens is 2. The summed E-state index contributed by atoms with van der Waals surface area (Å²) in [6.45, 7) is 2.60. The molecule has 2 aromatic rings. The number of aryl methyl sites for hydroxylation is 2. The van der Waals surface area contributed by atoms with Crippen LogP contribution in [0.3, 0.4) is 0 Å². The fraction of sp³-hybridized carbons (Fsp3) is 0.529. The van der Waals surface area contributed by atoms with Gasteiger partial charge in [0.05, 0.1) is 11.0 Å². The number of anilines is 1. The third-order valence-electron chi connectivity index (χ3n) is 5.08. The third-order valence-corrected chi connectivity index (χ3v) is 6.95. The Morgan fingerprint density at radius 1 is 1.35 bits per heavy atom. The van der Waals surface area contributed by atoms with Gasteiger partial charge in [-0.1, -0.05) is 11.2 Å². The van der Waals surface area contributed by atoms with Gasteiger partial charge < -0.3 is 14.5 Å². The zero-order valence-electron chi connectivity index (χ0n) is 14.8. The first-order valence-electron chi connectivity index (χ1n) is 8.70. The molecule has 1 aromatic carbocycles. The van der Waals surface area contributed by atoms with Crippen molar-refractivity contribution in [1.82, 2.24) is 14.4 Å². The third kappa shape index (κ3) is 2.89. The van der Waals surface area contributed by atoms with Crippen molar-refractivity contribution in [2.75, 3.05) is 25.0 Å². The molecule has 0 radical (unpaired) electrons. The molecule has 2 aliphatic rings. The summed E-state index contributed by atoms with van der Waals surface area (Å²) < 4.78 is 33.0. The van der Waals surface area contributed by atoms with Crippen LogP contribution in [0.15, 0.2) is 27.6 Å². The van der Waals surface area contributed by atoms with Crippen LogP contribution < -0.4 is 4.90 Å². The summed E-state index contributed by atoms with van der Waals surface area (Å²) in [7, 11) is -1.83. The van der Waals surface area contributed by atoms with E-state index in [0.717, 1.165) is 30.6 Å². The summed E-state index contributed by atoms with van der Waals surface area (Å²) in [4.78, 5) is 6.47. The number of hydrogen-bond donors (Lipinski definition) is 1. The molecule has 0 amide bonds. The second-order valence-electron chi connectivity index (χ2n) is 6.98. The predicted molar refractivity (Wildman–Crippen MR) is 94.3 cm³/mol. The first kappa shape index (κ1) is 17.4. The van der Waals surface area contributed by atoms with Crippen molar-refractivity contribution >= 4 is 15.7 Å². The molecule has 2 aliphatic heterocycles. The summed E-state index contributed by atoms with van der Waals surface area (Å²) in [5.41, 5.74) is 2.10. The minimum Gasteiger partial charge on any atom is -0.392 e. The van der Waals surface area contributed by atoms with Crippen LogP contribution in [0.4, 0.5) is 5.69 Å². The van der Waals surface area contributed by atoms with E-state index in [1.54, 1.807) is 19.1 Å². The Kier molecular flexibility index (Phi) is 4.25. The topological polar surface area (TPSA) is 99.8 Å². The number of sulfonamides is 1. The van der Waals surface area contributed by atoms with Crippen molar-refractivity contribution in [3.8, 4) is 0 Å². The van der Waals surface area contributed by atoms with Crippen LogP contribution in [0.25, 0.3) is 0 Å². The Hall–Kier alpha value is -1.97. The summed E-state index contributed by atoms with van der Waals surface area (Å²) in [5, 5.41) is 13.8. The Bertz CT molecular complexity index is 927. The van der Waals surface area contributed by atoms with Crippen LogP contribution in [0.5, 0.6) is 0 Å². The highest BCUT2D eigenvalue weighted by Crippen LogP contribution is 2.37. The van der Waals surface area contributed by atoms with Gasteiger partial charge in [-0.2, -0.15) is 9.29 Å². The maximum atomic E-state index is 13.3. The van der Waals surface area contributed by atoms with Crippen LogP contribution in [-0.2, 0) is 16.4 Å². The summed E-state index contributed by atoms with van der Waals surface area (Å²) in [5.74, 6) is 0.659. The Morgan fingerprint density at radius 2 is 2.15 bits per heavy atom. The van der Waals surface area contributed by atoms with Crippen LogP contribution >= 0.6 is 0 Å². The standard InChI is InChI=1S/C17H22N4O4S/c1-11-18-17(25-19-11)16-8-13(22)10-21(16)26(23,24)14-6-5-12-4-3-7-20(2)15(12)9-14/h5-6,9,13,16,22H,3-4,7-8,10H2,1-2H3/t13-,16+/m0/s1. The number of fused-ring (bicyclic) bond motifs is 1. The van der Waals surface area contributed by atoms with Gasteiger partial charge in [0.25, 0.3) is 0 Å². The quantitative estimate of drug-likeness (QED) is 0.858. The Labute approximate surface area is 152 Å². The van der Waals surface area contributed by atoms with Gasteiger partial charge in [0.15, 0.2) is 5.82 Å². The number of β-amino-alcohol motifs (C(OH)–C–C–N with tert-alkyl or cyclic N) is 1. The predicted octanol–water partition coefficient (Wildman–Crippen LogP) is 1.26. The molecule has 1 aromatic heterocycles. The summed E-state index contributed by atoms with van der Waals surface area (Å²) in [6, 6.07) is 4.61. The zero-order valence-corrected chi connectivity index (χ0v) is 15.6. The molecule has 0 unspecified atom stereocenters. The lowest BCUT2D eigenvalue weighted by Crippen LogP contribution is -2.32. The van der Waals surface area contributed by atoms with Gasteiger partial charge >= 0.3 is 0 Å². The molecule has 0 bridgehead atoms. The van der Waals surface area contributed by atoms with Crippen LogP contribution in [-0.4, -0.2) is 54.2 Å². The zero-order chi connectivity index (χ0) is 18.5. The fourth-order valence-corrected chi connectivity index (χ4v) is 5.41. The molecule has 0 saturated carbocycles. The van der Waals surface area contributed by atoms with Crippen molar-refractivity contribution in [2.24, 2.45) is 0 Å². The number of benzene rings is 1. The van der Waals surface area contributed by atoms with E-state index in [9.17, 15) is 13.5 Å². The molecular weight excluding hydrogens is 356 g/mol. The maximum absolute atomic E-state index is 13.3. The van der Waals surface area contributed by atoms with Gasteiger partial charge in [-0.25, -0.2) is 8.42 Å². The van der Waals surface area contributed by atoms with E-state index in [-0.39, 0.29) is 23.8 Å². The largest absolute Gasteiger partial charge is 0.392 e. The molecule has 1 fully saturated rings. The second kappa shape index (κ2) is 6.33. The lowest BCUT2D eigenvalue weighted by Gasteiger charge is -2.28. The molecular formula is C17H22N4O4S. The molecule has 0 aliphatic carbocycles. The Morgan fingerprint density at radius 3 is 2.88 bits per heavy atom. The fourth-order valence-electron chi connectivity index (χ4n) is 3.76.